The van der Waals surface area contributed by atoms with E-state index in [9.17, 15) is 4.79 Å². The van der Waals surface area contributed by atoms with Crippen LogP contribution in [0.4, 0.5) is 0 Å². The minimum absolute atomic E-state index is 0.0253. The van der Waals surface area contributed by atoms with Gasteiger partial charge >= 0.3 is 5.97 Å². The summed E-state index contributed by atoms with van der Waals surface area (Å²) in [5.74, 6) is 0.763. The molecule has 0 bridgehead atoms. The Labute approximate surface area is 116 Å². The van der Waals surface area contributed by atoms with Crippen molar-refractivity contribution in [2.75, 3.05) is 0 Å². The standard InChI is InChI=1S/C16H26O3/c1-10-9-14-16(6,19-14)13(15(10,4)5)8-7-11(2)18-12(3)17/h7-8,10-11,13-14H,9H2,1-6H3/t10-,11-,13-,14-,16+/m1/s1. The molecular weight excluding hydrogens is 240 g/mol. The van der Waals surface area contributed by atoms with Gasteiger partial charge in [-0.2, -0.15) is 0 Å². The van der Waals surface area contributed by atoms with Crippen molar-refractivity contribution in [2.45, 2.75) is 65.8 Å². The summed E-state index contributed by atoms with van der Waals surface area (Å²) in [4.78, 5) is 10.9. The van der Waals surface area contributed by atoms with E-state index in [0.29, 0.717) is 17.9 Å². The minimum atomic E-state index is -0.236. The number of rotatable bonds is 3. The van der Waals surface area contributed by atoms with Crippen LogP contribution in [0.1, 0.15) is 48.0 Å². The Balaban J connectivity index is 2.12. The van der Waals surface area contributed by atoms with Gasteiger partial charge in [-0.3, -0.25) is 4.79 Å². The lowest BCUT2D eigenvalue weighted by atomic mass is 9.59. The van der Waals surface area contributed by atoms with Crippen LogP contribution in [0.25, 0.3) is 0 Å². The van der Waals surface area contributed by atoms with Gasteiger partial charge in [0.1, 0.15) is 6.10 Å². The van der Waals surface area contributed by atoms with Gasteiger partial charge in [-0.15, -0.1) is 0 Å². The molecule has 2 fully saturated rings. The fourth-order valence-electron chi connectivity index (χ4n) is 3.51. The van der Waals surface area contributed by atoms with Gasteiger partial charge in [-0.05, 0) is 37.7 Å². The normalized spacial score (nSPS) is 41.7. The van der Waals surface area contributed by atoms with Gasteiger partial charge < -0.3 is 9.47 Å². The Bertz CT molecular complexity index is 399. The first-order valence-corrected chi connectivity index (χ1v) is 7.21. The van der Waals surface area contributed by atoms with Crippen molar-refractivity contribution in [1.82, 2.24) is 0 Å². The number of hydrogen-bond donors (Lipinski definition) is 0. The maximum Gasteiger partial charge on any atom is 0.303 e. The molecule has 0 aromatic rings. The zero-order chi connectivity index (χ0) is 14.4. The summed E-state index contributed by atoms with van der Waals surface area (Å²) in [6, 6.07) is 0. The van der Waals surface area contributed by atoms with E-state index in [1.807, 2.05) is 13.0 Å². The van der Waals surface area contributed by atoms with Crippen LogP contribution < -0.4 is 0 Å². The van der Waals surface area contributed by atoms with E-state index in [4.69, 9.17) is 9.47 Å². The molecule has 1 heterocycles. The number of epoxide rings is 1. The molecule has 19 heavy (non-hydrogen) atoms. The Kier molecular flexibility index (Phi) is 3.54. The number of hydrogen-bond acceptors (Lipinski definition) is 3. The lowest BCUT2D eigenvalue weighted by molar-refractivity contribution is -0.143. The first-order chi connectivity index (χ1) is 8.68. The Morgan fingerprint density at radius 1 is 1.42 bits per heavy atom. The molecule has 2 aliphatic rings. The van der Waals surface area contributed by atoms with E-state index in [2.05, 4.69) is 33.8 Å². The van der Waals surface area contributed by atoms with Gasteiger partial charge in [0.25, 0.3) is 0 Å². The summed E-state index contributed by atoms with van der Waals surface area (Å²) in [5, 5.41) is 0. The van der Waals surface area contributed by atoms with Gasteiger partial charge in [0.15, 0.2) is 0 Å². The minimum Gasteiger partial charge on any atom is -0.459 e. The Morgan fingerprint density at radius 3 is 2.63 bits per heavy atom. The molecule has 108 valence electrons. The molecule has 0 spiro atoms. The van der Waals surface area contributed by atoms with Gasteiger partial charge in [0.05, 0.1) is 11.7 Å². The third-order valence-corrected chi connectivity index (χ3v) is 5.16. The van der Waals surface area contributed by atoms with Crippen molar-refractivity contribution in [2.24, 2.45) is 17.3 Å². The predicted molar refractivity (Wildman–Crippen MR) is 74.7 cm³/mol. The number of ether oxygens (including phenoxy) is 2. The average Bonchev–Trinajstić information content (AvgIpc) is 2.87. The van der Waals surface area contributed by atoms with Crippen LogP contribution in [-0.2, 0) is 14.3 Å². The molecule has 5 atom stereocenters. The van der Waals surface area contributed by atoms with E-state index >= 15 is 0 Å². The summed E-state index contributed by atoms with van der Waals surface area (Å²) in [6.45, 7) is 12.5. The number of esters is 1. The van der Waals surface area contributed by atoms with Gasteiger partial charge in [-0.1, -0.05) is 26.8 Å². The van der Waals surface area contributed by atoms with E-state index < -0.39 is 0 Å². The van der Waals surface area contributed by atoms with Crippen molar-refractivity contribution in [1.29, 1.82) is 0 Å². The number of fused-ring (bicyclic) bond motifs is 1. The number of carbonyl (C=O) groups excluding carboxylic acids is 1. The Hall–Kier alpha value is -0.830. The third-order valence-electron chi connectivity index (χ3n) is 5.16. The molecule has 1 aliphatic heterocycles. The third kappa shape index (κ3) is 2.58. The Morgan fingerprint density at radius 2 is 2.05 bits per heavy atom. The summed E-state index contributed by atoms with van der Waals surface area (Å²) in [5.41, 5.74) is 0.177. The molecule has 3 nitrogen and oxygen atoms in total. The molecule has 0 radical (unpaired) electrons. The second-order valence-corrected chi connectivity index (χ2v) is 6.93. The molecule has 1 aliphatic carbocycles. The van der Waals surface area contributed by atoms with Crippen molar-refractivity contribution in [3.63, 3.8) is 0 Å². The fraction of sp³-hybridized carbons (Fsp3) is 0.812. The monoisotopic (exact) mass is 266 g/mol. The first kappa shape index (κ1) is 14.6. The zero-order valence-corrected chi connectivity index (χ0v) is 12.9. The van der Waals surface area contributed by atoms with E-state index in [0.717, 1.165) is 6.42 Å². The molecule has 0 aromatic carbocycles. The largest absolute Gasteiger partial charge is 0.459 e. The van der Waals surface area contributed by atoms with Crippen LogP contribution in [-0.4, -0.2) is 23.8 Å². The van der Waals surface area contributed by atoms with Crippen LogP contribution in [0.5, 0.6) is 0 Å². The average molecular weight is 266 g/mol. The summed E-state index contributed by atoms with van der Waals surface area (Å²) < 4.78 is 11.1. The highest BCUT2D eigenvalue weighted by Crippen LogP contribution is 2.60. The van der Waals surface area contributed by atoms with Crippen LogP contribution in [0.15, 0.2) is 12.2 Å². The second-order valence-electron chi connectivity index (χ2n) is 6.93. The van der Waals surface area contributed by atoms with Crippen LogP contribution in [0.2, 0.25) is 0 Å². The molecule has 1 saturated heterocycles. The molecule has 2 rings (SSSR count). The second kappa shape index (κ2) is 4.62. The van der Waals surface area contributed by atoms with Crippen molar-refractivity contribution in [3.8, 4) is 0 Å². The highest BCUT2D eigenvalue weighted by molar-refractivity contribution is 5.66. The molecule has 0 aromatic heterocycles. The van der Waals surface area contributed by atoms with Gasteiger partial charge in [0.2, 0.25) is 0 Å². The maximum absolute atomic E-state index is 10.9. The van der Waals surface area contributed by atoms with Crippen molar-refractivity contribution >= 4 is 5.97 Å². The molecule has 1 saturated carbocycles. The molecule has 3 heteroatoms. The van der Waals surface area contributed by atoms with E-state index in [1.165, 1.54) is 6.92 Å². The van der Waals surface area contributed by atoms with Crippen molar-refractivity contribution < 1.29 is 14.3 Å². The molecule has 0 N–H and O–H groups in total. The topological polar surface area (TPSA) is 38.8 Å². The quantitative estimate of drug-likeness (QED) is 0.447. The van der Waals surface area contributed by atoms with E-state index in [1.54, 1.807) is 0 Å². The smallest absolute Gasteiger partial charge is 0.303 e. The lowest BCUT2D eigenvalue weighted by Crippen LogP contribution is -2.44. The molecular formula is C16H26O3. The van der Waals surface area contributed by atoms with Crippen LogP contribution in [0.3, 0.4) is 0 Å². The molecule has 0 unspecified atom stereocenters. The van der Waals surface area contributed by atoms with Crippen molar-refractivity contribution in [3.05, 3.63) is 12.2 Å². The lowest BCUT2D eigenvalue weighted by Gasteiger charge is -2.43. The van der Waals surface area contributed by atoms with Gasteiger partial charge in [0, 0.05) is 12.8 Å². The van der Waals surface area contributed by atoms with E-state index in [-0.39, 0.29) is 23.1 Å². The van der Waals surface area contributed by atoms with Crippen LogP contribution >= 0.6 is 0 Å². The SMILES string of the molecule is CC(=O)O[C@H](C)C=C[C@@H]1C(C)(C)[C@H](C)C[C@H]2O[C@@]12C. The molecule has 0 amide bonds. The van der Waals surface area contributed by atoms with Crippen LogP contribution in [0, 0.1) is 17.3 Å². The fourth-order valence-corrected chi connectivity index (χ4v) is 3.51. The summed E-state index contributed by atoms with van der Waals surface area (Å²) in [6.07, 6.45) is 5.56. The summed E-state index contributed by atoms with van der Waals surface area (Å²) >= 11 is 0. The highest BCUT2D eigenvalue weighted by atomic mass is 16.6. The van der Waals surface area contributed by atoms with Gasteiger partial charge in [-0.25, -0.2) is 0 Å². The maximum atomic E-state index is 10.9. The summed E-state index contributed by atoms with van der Waals surface area (Å²) in [7, 11) is 0. The predicted octanol–water partition coefficient (Wildman–Crippen LogP) is 3.33. The zero-order valence-electron chi connectivity index (χ0n) is 12.9. The first-order valence-electron chi connectivity index (χ1n) is 7.21. The number of carbonyl (C=O) groups is 1. The highest BCUT2D eigenvalue weighted by Gasteiger charge is 2.65.